The first kappa shape index (κ1) is 24.8. The van der Waals surface area contributed by atoms with Gasteiger partial charge < -0.3 is 14.8 Å². The highest BCUT2D eigenvalue weighted by molar-refractivity contribution is 7.91. The van der Waals surface area contributed by atoms with Gasteiger partial charge in [0.25, 0.3) is 5.56 Å². The standard InChI is InChI=1S/C27H28N4O5S/c1-18(32)21-7-9-23(10-8-21)28-27(34)30-14-20-13-22(16-30)25-12-11-24(26(33)31(25)15-20)29-37(35,36)17-19-5-3-2-4-6-19/h2-12,20,22,29H,13-17H2,1H3,(H,28,34)/t20-,22+/m0/s1. The summed E-state index contributed by atoms with van der Waals surface area (Å²) in [7, 11) is -3.76. The lowest BCUT2D eigenvalue weighted by molar-refractivity contribution is 0.101. The zero-order chi connectivity index (χ0) is 26.2. The summed E-state index contributed by atoms with van der Waals surface area (Å²) in [6.45, 7) is 2.85. The van der Waals surface area contributed by atoms with Gasteiger partial charge in [-0.15, -0.1) is 0 Å². The highest BCUT2D eigenvalue weighted by Gasteiger charge is 2.37. The molecular weight excluding hydrogens is 492 g/mol. The quantitative estimate of drug-likeness (QED) is 0.481. The Kier molecular flexibility index (Phi) is 6.59. The first-order valence-electron chi connectivity index (χ1n) is 12.1. The van der Waals surface area contributed by atoms with Crippen molar-refractivity contribution in [1.29, 1.82) is 0 Å². The van der Waals surface area contributed by atoms with Crippen LogP contribution in [0.4, 0.5) is 16.2 Å². The molecule has 2 aliphatic rings. The van der Waals surface area contributed by atoms with E-state index >= 15 is 0 Å². The second-order valence-electron chi connectivity index (χ2n) is 9.70. The molecule has 0 aliphatic carbocycles. The molecule has 10 heteroatoms. The highest BCUT2D eigenvalue weighted by atomic mass is 32.2. The number of nitrogens with zero attached hydrogens (tertiary/aromatic N) is 2. The van der Waals surface area contributed by atoms with Crippen molar-refractivity contribution in [3.8, 4) is 0 Å². The number of carbonyl (C=O) groups is 2. The van der Waals surface area contributed by atoms with Gasteiger partial charge >= 0.3 is 6.03 Å². The number of anilines is 2. The number of amides is 2. The van der Waals surface area contributed by atoms with Gasteiger partial charge in [0.05, 0.1) is 5.75 Å². The fourth-order valence-electron chi connectivity index (χ4n) is 5.18. The molecule has 0 unspecified atom stereocenters. The largest absolute Gasteiger partial charge is 0.324 e. The number of likely N-dealkylation sites (tertiary alicyclic amines) is 1. The zero-order valence-electron chi connectivity index (χ0n) is 20.4. The van der Waals surface area contributed by atoms with Crippen molar-refractivity contribution in [2.45, 2.75) is 31.6 Å². The second kappa shape index (κ2) is 9.85. The maximum absolute atomic E-state index is 13.2. The van der Waals surface area contributed by atoms with Crippen LogP contribution in [-0.2, 0) is 22.3 Å². The summed E-state index contributed by atoms with van der Waals surface area (Å²) in [5.41, 5.74) is 2.28. The van der Waals surface area contributed by atoms with E-state index < -0.39 is 10.0 Å². The molecule has 1 aromatic heterocycles. The molecule has 3 heterocycles. The molecule has 0 spiro atoms. The van der Waals surface area contributed by atoms with Crippen molar-refractivity contribution >= 4 is 33.2 Å². The van der Waals surface area contributed by atoms with Crippen molar-refractivity contribution in [2.75, 3.05) is 23.1 Å². The van der Waals surface area contributed by atoms with Crippen LogP contribution >= 0.6 is 0 Å². The lowest BCUT2D eigenvalue weighted by Crippen LogP contribution is -2.50. The van der Waals surface area contributed by atoms with Crippen LogP contribution in [0.25, 0.3) is 0 Å². The Bertz CT molecular complexity index is 1500. The van der Waals surface area contributed by atoms with E-state index in [2.05, 4.69) is 10.0 Å². The number of benzene rings is 2. The molecule has 2 aliphatic heterocycles. The van der Waals surface area contributed by atoms with E-state index in [1.54, 1.807) is 64.1 Å². The minimum Gasteiger partial charge on any atom is -0.324 e. The van der Waals surface area contributed by atoms with E-state index in [1.165, 1.54) is 13.0 Å². The molecule has 37 heavy (non-hydrogen) atoms. The molecule has 0 radical (unpaired) electrons. The molecule has 1 fully saturated rings. The van der Waals surface area contributed by atoms with E-state index in [0.717, 1.165) is 12.1 Å². The Hall–Kier alpha value is -3.92. The molecular formula is C27H28N4O5S. The number of hydrogen-bond acceptors (Lipinski definition) is 5. The Labute approximate surface area is 215 Å². The van der Waals surface area contributed by atoms with Crippen molar-refractivity contribution < 1.29 is 18.0 Å². The Morgan fingerprint density at radius 1 is 0.946 bits per heavy atom. The van der Waals surface area contributed by atoms with Crippen molar-refractivity contribution in [3.05, 3.63) is 93.9 Å². The van der Waals surface area contributed by atoms with E-state index in [4.69, 9.17) is 0 Å². The predicted octanol–water partition coefficient (Wildman–Crippen LogP) is 3.64. The molecule has 0 saturated carbocycles. The number of urea groups is 1. The number of aromatic nitrogens is 1. The van der Waals surface area contributed by atoms with Gasteiger partial charge in [-0.2, -0.15) is 0 Å². The number of hydrogen-bond donors (Lipinski definition) is 2. The smallest absolute Gasteiger partial charge is 0.321 e. The summed E-state index contributed by atoms with van der Waals surface area (Å²) in [6.07, 6.45) is 0.857. The molecule has 192 valence electrons. The molecule has 3 aromatic rings. The molecule has 2 N–H and O–H groups in total. The average molecular weight is 521 g/mol. The monoisotopic (exact) mass is 520 g/mol. The lowest BCUT2D eigenvalue weighted by atomic mass is 9.83. The molecule has 2 bridgehead atoms. The Morgan fingerprint density at radius 3 is 2.38 bits per heavy atom. The number of ketones is 1. The number of sulfonamides is 1. The maximum atomic E-state index is 13.2. The normalized spacial score (nSPS) is 18.6. The highest BCUT2D eigenvalue weighted by Crippen LogP contribution is 2.35. The zero-order valence-corrected chi connectivity index (χ0v) is 21.2. The van der Waals surface area contributed by atoms with Gasteiger partial charge in [0.1, 0.15) is 5.69 Å². The van der Waals surface area contributed by atoms with E-state index in [-0.39, 0.29) is 40.6 Å². The van der Waals surface area contributed by atoms with E-state index in [9.17, 15) is 22.8 Å². The van der Waals surface area contributed by atoms with Gasteiger partial charge in [-0.25, -0.2) is 13.2 Å². The van der Waals surface area contributed by atoms with Gasteiger partial charge in [0, 0.05) is 42.5 Å². The first-order chi connectivity index (χ1) is 17.7. The van der Waals surface area contributed by atoms with Crippen molar-refractivity contribution in [1.82, 2.24) is 9.47 Å². The summed E-state index contributed by atoms with van der Waals surface area (Å²) < 4.78 is 29.5. The van der Waals surface area contributed by atoms with E-state index in [1.807, 2.05) is 6.07 Å². The van der Waals surface area contributed by atoms with Crippen LogP contribution in [0, 0.1) is 5.92 Å². The first-order valence-corrected chi connectivity index (χ1v) is 13.8. The second-order valence-corrected chi connectivity index (χ2v) is 11.4. The van der Waals surface area contributed by atoms with Crippen molar-refractivity contribution in [3.63, 3.8) is 0 Å². The van der Waals surface area contributed by atoms with Crippen LogP contribution in [0.1, 0.15) is 40.9 Å². The number of carbonyl (C=O) groups excluding carboxylic acids is 2. The number of nitrogens with one attached hydrogen (secondary N) is 2. The molecule has 2 amide bonds. The summed E-state index contributed by atoms with van der Waals surface area (Å²) in [4.78, 5) is 39.4. The maximum Gasteiger partial charge on any atom is 0.321 e. The minimum atomic E-state index is -3.76. The minimum absolute atomic E-state index is 0.0268. The summed E-state index contributed by atoms with van der Waals surface area (Å²) in [5, 5.41) is 2.89. The Balaban J connectivity index is 1.29. The van der Waals surface area contributed by atoms with Gasteiger partial charge in [0.2, 0.25) is 10.0 Å². The van der Waals surface area contributed by atoms with Crippen LogP contribution in [0.2, 0.25) is 0 Å². The van der Waals surface area contributed by atoms with Gasteiger partial charge in [-0.05, 0) is 61.2 Å². The molecule has 2 atom stereocenters. The van der Waals surface area contributed by atoms with Gasteiger partial charge in [-0.3, -0.25) is 14.3 Å². The van der Waals surface area contributed by atoms with Gasteiger partial charge in [0.15, 0.2) is 5.78 Å². The summed E-state index contributed by atoms with van der Waals surface area (Å²) >= 11 is 0. The molecule has 2 aromatic carbocycles. The third kappa shape index (κ3) is 5.43. The number of Topliss-reactive ketones (excluding diaryl/α,β-unsaturated/α-hetero) is 1. The Morgan fingerprint density at radius 2 is 1.68 bits per heavy atom. The third-order valence-corrected chi connectivity index (χ3v) is 8.14. The molecule has 1 saturated heterocycles. The van der Waals surface area contributed by atoms with Crippen LogP contribution in [0.5, 0.6) is 0 Å². The van der Waals surface area contributed by atoms with Crippen LogP contribution in [0.15, 0.2) is 71.5 Å². The van der Waals surface area contributed by atoms with Crippen LogP contribution in [0.3, 0.4) is 0 Å². The third-order valence-electron chi connectivity index (χ3n) is 6.90. The fourth-order valence-corrected chi connectivity index (χ4v) is 6.37. The predicted molar refractivity (Wildman–Crippen MR) is 141 cm³/mol. The van der Waals surface area contributed by atoms with E-state index in [0.29, 0.717) is 36.4 Å². The number of fused-ring (bicyclic) bond motifs is 4. The fraction of sp³-hybridized carbons (Fsp3) is 0.296. The SMILES string of the molecule is CC(=O)c1ccc(NC(=O)N2C[C@@H]3C[C@H](C2)c2ccc(NS(=O)(=O)Cc4ccccc4)c(=O)n2C3)cc1. The number of piperidine rings is 1. The summed E-state index contributed by atoms with van der Waals surface area (Å²) in [5.74, 6) is -0.211. The lowest BCUT2D eigenvalue weighted by Gasteiger charge is -2.42. The molecule has 9 nitrogen and oxygen atoms in total. The molecule has 5 rings (SSSR count). The van der Waals surface area contributed by atoms with Crippen LogP contribution in [-0.4, -0.2) is 42.8 Å². The summed E-state index contributed by atoms with van der Waals surface area (Å²) in [6, 6.07) is 18.6. The van der Waals surface area contributed by atoms with Crippen LogP contribution < -0.4 is 15.6 Å². The van der Waals surface area contributed by atoms with Crippen molar-refractivity contribution in [2.24, 2.45) is 5.92 Å². The number of pyridine rings is 1. The number of rotatable bonds is 6. The van der Waals surface area contributed by atoms with Gasteiger partial charge in [-0.1, -0.05) is 30.3 Å². The topological polar surface area (TPSA) is 118 Å². The average Bonchev–Trinajstić information content (AvgIpc) is 2.86.